The quantitative estimate of drug-likeness (QED) is 0.459. The van der Waals surface area contributed by atoms with E-state index in [1.807, 2.05) is 37.0 Å². The summed E-state index contributed by atoms with van der Waals surface area (Å²) in [5.74, 6) is 0.429. The zero-order chi connectivity index (χ0) is 16.6. The molecule has 0 unspecified atom stereocenters. The zero-order valence-corrected chi connectivity index (χ0v) is 16.2. The molecule has 3 aromatic rings. The second-order valence-electron chi connectivity index (χ2n) is 4.66. The molecule has 0 N–H and O–H groups in total. The van der Waals surface area contributed by atoms with E-state index in [9.17, 15) is 0 Å². The maximum absolute atomic E-state index is 6.34. The van der Waals surface area contributed by atoms with Gasteiger partial charge < -0.3 is 9.15 Å². The molecule has 0 fully saturated rings. The first-order chi connectivity index (χ1) is 11.0. The number of methoxy groups -OCH3 is 1. The summed E-state index contributed by atoms with van der Waals surface area (Å²) in [5.41, 5.74) is 3.61. The fraction of sp³-hybridized carbons (Fsp3) is 0.125. The van der Waals surface area contributed by atoms with Crippen LogP contribution in [0, 0.1) is 0 Å². The average Bonchev–Trinajstić information content (AvgIpc) is 2.96. The van der Waals surface area contributed by atoms with E-state index in [4.69, 9.17) is 32.4 Å². The Bertz CT molecular complexity index is 924. The number of oxazole rings is 1. The van der Waals surface area contributed by atoms with Gasteiger partial charge >= 0.3 is 0 Å². The third-order valence-electron chi connectivity index (χ3n) is 3.27. The summed E-state index contributed by atoms with van der Waals surface area (Å²) >= 11 is 16.1. The molecule has 0 saturated heterocycles. The van der Waals surface area contributed by atoms with Crippen molar-refractivity contribution in [2.45, 2.75) is 0 Å². The van der Waals surface area contributed by atoms with Crippen LogP contribution < -0.4 is 0 Å². The van der Waals surface area contributed by atoms with Gasteiger partial charge in [0.2, 0.25) is 5.89 Å². The Morgan fingerprint density at radius 3 is 2.78 bits per heavy atom. The molecule has 0 atom stereocenters. The van der Waals surface area contributed by atoms with E-state index >= 15 is 0 Å². The minimum absolute atomic E-state index is 0.429. The van der Waals surface area contributed by atoms with Crippen LogP contribution in [-0.4, -0.2) is 24.2 Å². The van der Waals surface area contributed by atoms with Crippen LogP contribution in [0.2, 0.25) is 10.0 Å². The number of halogens is 3. The number of fused-ring (bicyclic) bond motifs is 1. The van der Waals surface area contributed by atoms with Crippen molar-refractivity contribution in [3.63, 3.8) is 0 Å². The number of hydrogen-bond acceptors (Lipinski definition) is 3. The van der Waals surface area contributed by atoms with Gasteiger partial charge in [-0.15, -0.1) is 0 Å². The van der Waals surface area contributed by atoms with Gasteiger partial charge in [0.1, 0.15) is 11.0 Å². The van der Waals surface area contributed by atoms with Gasteiger partial charge in [-0.2, -0.15) is 0 Å². The SMILES string of the molecule is CO/C(=P/C)c1cc(Cl)c2oc(-c3cccc(Br)c3Cl)nc2c1. The maximum Gasteiger partial charge on any atom is 0.228 e. The minimum Gasteiger partial charge on any atom is -0.434 e. The van der Waals surface area contributed by atoms with Crippen LogP contribution in [0.15, 0.2) is 39.2 Å². The molecule has 0 aliphatic heterocycles. The van der Waals surface area contributed by atoms with Crippen LogP contribution in [-0.2, 0) is 4.74 Å². The van der Waals surface area contributed by atoms with E-state index < -0.39 is 0 Å². The summed E-state index contributed by atoms with van der Waals surface area (Å²) in [5, 5.41) is 1.03. The Morgan fingerprint density at radius 2 is 2.09 bits per heavy atom. The lowest BCUT2D eigenvalue weighted by molar-refractivity contribution is 0.415. The molecule has 0 aliphatic rings. The highest BCUT2D eigenvalue weighted by atomic mass is 79.9. The number of rotatable bonds is 3. The molecule has 1 heterocycles. The highest BCUT2D eigenvalue weighted by molar-refractivity contribution is 9.10. The van der Waals surface area contributed by atoms with Gasteiger partial charge in [-0.1, -0.05) is 37.5 Å². The summed E-state index contributed by atoms with van der Waals surface area (Å²) in [4.78, 5) is 4.53. The van der Waals surface area contributed by atoms with E-state index in [-0.39, 0.29) is 0 Å². The van der Waals surface area contributed by atoms with Crippen molar-refractivity contribution in [3.8, 4) is 11.5 Å². The first-order valence-electron chi connectivity index (χ1n) is 6.60. The van der Waals surface area contributed by atoms with E-state index in [0.717, 1.165) is 23.7 Å². The Kier molecular flexibility index (Phi) is 5.10. The van der Waals surface area contributed by atoms with E-state index in [1.165, 1.54) is 0 Å². The molecular formula is C16H11BrCl2NO2P. The lowest BCUT2D eigenvalue weighted by Gasteiger charge is -2.03. The van der Waals surface area contributed by atoms with Crippen molar-refractivity contribution in [1.29, 1.82) is 0 Å². The molecule has 0 amide bonds. The predicted octanol–water partition coefficient (Wildman–Crippen LogP) is 6.26. The minimum atomic E-state index is 0.429. The van der Waals surface area contributed by atoms with Gasteiger partial charge in [0, 0.05) is 17.1 Å². The summed E-state index contributed by atoms with van der Waals surface area (Å²) in [6, 6.07) is 9.30. The third-order valence-corrected chi connectivity index (χ3v) is 5.69. The predicted molar refractivity (Wildman–Crippen MR) is 101 cm³/mol. The monoisotopic (exact) mass is 429 g/mol. The van der Waals surface area contributed by atoms with Crippen molar-refractivity contribution in [2.75, 3.05) is 13.8 Å². The molecule has 7 heteroatoms. The first kappa shape index (κ1) is 16.9. The van der Waals surface area contributed by atoms with Crippen LogP contribution in [0.4, 0.5) is 0 Å². The first-order valence-corrected chi connectivity index (χ1v) is 9.49. The smallest absolute Gasteiger partial charge is 0.228 e. The second kappa shape index (κ2) is 6.92. The Hall–Kier alpha value is -0.900. The third kappa shape index (κ3) is 3.19. The van der Waals surface area contributed by atoms with Crippen molar-refractivity contribution in [1.82, 2.24) is 4.98 Å². The Labute approximate surface area is 153 Å². The molecule has 0 aliphatic carbocycles. The zero-order valence-electron chi connectivity index (χ0n) is 12.2. The highest BCUT2D eigenvalue weighted by Gasteiger charge is 2.16. The van der Waals surface area contributed by atoms with Crippen molar-refractivity contribution in [3.05, 3.63) is 50.4 Å². The van der Waals surface area contributed by atoms with Crippen molar-refractivity contribution in [2.24, 2.45) is 0 Å². The molecule has 3 rings (SSSR count). The molecule has 3 nitrogen and oxygen atoms in total. The lowest BCUT2D eigenvalue weighted by Crippen LogP contribution is -2.00. The van der Waals surface area contributed by atoms with Crippen molar-refractivity contribution >= 4 is 63.9 Å². The van der Waals surface area contributed by atoms with Crippen LogP contribution in [0.25, 0.3) is 22.6 Å². The van der Waals surface area contributed by atoms with Gasteiger partial charge in [-0.05, 0) is 46.9 Å². The van der Waals surface area contributed by atoms with Crippen LogP contribution >= 0.6 is 47.3 Å². The summed E-state index contributed by atoms with van der Waals surface area (Å²) in [6.07, 6.45) is 0. The molecule has 0 spiro atoms. The number of aromatic nitrogens is 1. The average molecular weight is 431 g/mol. The van der Waals surface area contributed by atoms with Gasteiger partial charge in [-0.25, -0.2) is 4.98 Å². The summed E-state index contributed by atoms with van der Waals surface area (Å²) in [7, 11) is 2.65. The largest absolute Gasteiger partial charge is 0.434 e. The normalized spacial score (nSPS) is 12.1. The van der Waals surface area contributed by atoms with Gasteiger partial charge in [-0.3, -0.25) is 0 Å². The number of nitrogens with zero attached hydrogens (tertiary/aromatic N) is 1. The molecular weight excluding hydrogens is 420 g/mol. The van der Waals surface area contributed by atoms with Crippen LogP contribution in [0.1, 0.15) is 5.56 Å². The fourth-order valence-electron chi connectivity index (χ4n) is 2.24. The highest BCUT2D eigenvalue weighted by Crippen LogP contribution is 2.36. The molecule has 2 aromatic carbocycles. The van der Waals surface area contributed by atoms with Gasteiger partial charge in [0.25, 0.3) is 0 Å². The van der Waals surface area contributed by atoms with Gasteiger partial charge in [0.15, 0.2) is 5.58 Å². The molecule has 1 aromatic heterocycles. The number of benzene rings is 2. The molecule has 118 valence electrons. The van der Waals surface area contributed by atoms with E-state index in [0.29, 0.717) is 32.6 Å². The number of hydrogen-bond donors (Lipinski definition) is 0. The maximum atomic E-state index is 6.34. The summed E-state index contributed by atoms with van der Waals surface area (Å²) in [6.45, 7) is 1.99. The second-order valence-corrected chi connectivity index (χ2v) is 7.15. The topological polar surface area (TPSA) is 35.3 Å². The molecule has 0 bridgehead atoms. The van der Waals surface area contributed by atoms with Crippen LogP contribution in [0.3, 0.4) is 0 Å². The van der Waals surface area contributed by atoms with E-state index in [1.54, 1.807) is 7.11 Å². The van der Waals surface area contributed by atoms with E-state index in [2.05, 4.69) is 20.9 Å². The van der Waals surface area contributed by atoms with Crippen LogP contribution in [0.5, 0.6) is 0 Å². The lowest BCUT2D eigenvalue weighted by atomic mass is 10.2. The van der Waals surface area contributed by atoms with Crippen molar-refractivity contribution < 1.29 is 9.15 Å². The molecule has 0 saturated carbocycles. The molecule has 0 radical (unpaired) electrons. The summed E-state index contributed by atoms with van der Waals surface area (Å²) < 4.78 is 12.0. The standard InChI is InChI=1S/C16H11BrCl2NO2P/c1-21-16(23-2)8-6-11(18)14-12(7-8)20-15(22-14)9-4-3-5-10(17)13(9)19/h3-7H,1-2H3. The van der Waals surface area contributed by atoms with Gasteiger partial charge in [0.05, 0.1) is 15.6 Å². The molecule has 23 heavy (non-hydrogen) atoms. The fourth-order valence-corrected chi connectivity index (χ4v) is 3.63. The Balaban J connectivity index is 2.19. The number of ether oxygens (including phenoxy) is 1. The Morgan fingerprint density at radius 1 is 1.30 bits per heavy atom.